The first-order valence-corrected chi connectivity index (χ1v) is 15.6. The molecule has 5 aromatic rings. The minimum atomic E-state index is -1.86. The van der Waals surface area contributed by atoms with E-state index < -0.39 is 17.2 Å². The lowest BCUT2D eigenvalue weighted by Crippen LogP contribution is -2.48. The van der Waals surface area contributed by atoms with Gasteiger partial charge in [0.1, 0.15) is 48.1 Å². The summed E-state index contributed by atoms with van der Waals surface area (Å²) < 4.78 is 41.1. The monoisotopic (exact) mass is 654 g/mol. The van der Waals surface area contributed by atoms with Gasteiger partial charge in [0.05, 0.1) is 19.8 Å². The number of pyridine rings is 1. The van der Waals surface area contributed by atoms with E-state index in [9.17, 15) is 18.7 Å². The highest BCUT2D eigenvalue weighted by Crippen LogP contribution is 2.29. The predicted molar refractivity (Wildman–Crippen MR) is 175 cm³/mol. The van der Waals surface area contributed by atoms with Crippen LogP contribution in [-0.2, 0) is 23.4 Å². The second-order valence-corrected chi connectivity index (χ2v) is 12.1. The molecule has 2 N–H and O–H groups in total. The first-order chi connectivity index (χ1) is 23.2. The van der Waals surface area contributed by atoms with Crippen LogP contribution < -0.4 is 10.1 Å². The summed E-state index contributed by atoms with van der Waals surface area (Å²) in [4.78, 5) is 23.6. The van der Waals surface area contributed by atoms with E-state index in [1.54, 1.807) is 24.4 Å². The van der Waals surface area contributed by atoms with Crippen LogP contribution in [0.3, 0.4) is 0 Å². The van der Waals surface area contributed by atoms with Crippen LogP contribution in [0.2, 0.25) is 0 Å². The number of nitrogens with one attached hydrogen (secondary N) is 1. The number of hydrogen-bond donors (Lipinski definition) is 2. The number of morpholine rings is 1. The summed E-state index contributed by atoms with van der Waals surface area (Å²) in [5, 5.41) is 18.3. The highest BCUT2D eigenvalue weighted by atomic mass is 19.1. The first kappa shape index (κ1) is 32.9. The zero-order valence-electron chi connectivity index (χ0n) is 26.6. The van der Waals surface area contributed by atoms with Crippen molar-refractivity contribution in [3.8, 4) is 16.9 Å². The standard InChI is InChI=1S/C36H36F2N6O4/c1-24-18-47-19-25(2)44(24)17-26-3-5-28(6-4-26)35(45)42-34-14-9-29(16-40-34)27-7-11-31(12-8-27)48-21-36(46,20-43-23-39-22-41-43)32-13-10-30(37)15-33(32)38/h3-16,22-25,46H,17-21H2,1-2H3,(H,40,42,45)/t24-,25+,36?. The van der Waals surface area contributed by atoms with Crippen molar-refractivity contribution in [1.82, 2.24) is 24.6 Å². The molecule has 0 bridgehead atoms. The number of hydrogen-bond acceptors (Lipinski definition) is 8. The van der Waals surface area contributed by atoms with Crippen molar-refractivity contribution in [2.24, 2.45) is 0 Å². The molecule has 1 fully saturated rings. The van der Waals surface area contributed by atoms with Gasteiger partial charge < -0.3 is 19.9 Å². The van der Waals surface area contributed by atoms with Gasteiger partial charge in [-0.1, -0.05) is 30.3 Å². The number of aromatic nitrogens is 4. The van der Waals surface area contributed by atoms with Crippen LogP contribution >= 0.6 is 0 Å². The van der Waals surface area contributed by atoms with E-state index in [0.717, 1.165) is 42.5 Å². The van der Waals surface area contributed by atoms with E-state index in [0.29, 0.717) is 35.3 Å². The molecular formula is C36H36F2N6O4. The first-order valence-electron chi connectivity index (χ1n) is 15.6. The van der Waals surface area contributed by atoms with Crippen molar-refractivity contribution < 1.29 is 28.2 Å². The Morgan fingerprint density at radius 2 is 1.73 bits per heavy atom. The molecule has 248 valence electrons. The number of rotatable bonds is 11. The van der Waals surface area contributed by atoms with E-state index in [-0.39, 0.29) is 24.6 Å². The fraction of sp³-hybridized carbons (Fsp3) is 0.278. The zero-order valence-corrected chi connectivity index (χ0v) is 26.6. The summed E-state index contributed by atoms with van der Waals surface area (Å²) >= 11 is 0. The number of ether oxygens (including phenoxy) is 2. The molecule has 1 aliphatic rings. The smallest absolute Gasteiger partial charge is 0.256 e. The molecule has 0 saturated carbocycles. The Kier molecular flexibility index (Phi) is 9.85. The zero-order chi connectivity index (χ0) is 33.7. The maximum Gasteiger partial charge on any atom is 0.256 e. The van der Waals surface area contributed by atoms with Gasteiger partial charge in [-0.15, -0.1) is 0 Å². The number of nitrogens with zero attached hydrogens (tertiary/aromatic N) is 5. The molecule has 12 heteroatoms. The molecular weight excluding hydrogens is 618 g/mol. The molecule has 6 rings (SSSR count). The van der Waals surface area contributed by atoms with Crippen LogP contribution in [0.25, 0.3) is 11.1 Å². The molecule has 3 atom stereocenters. The van der Waals surface area contributed by atoms with E-state index in [2.05, 4.69) is 39.1 Å². The lowest BCUT2D eigenvalue weighted by atomic mass is 9.94. The number of carbonyl (C=O) groups excluding carboxylic acids is 1. The Hall–Kier alpha value is -5.04. The van der Waals surface area contributed by atoms with Crippen LogP contribution in [0.1, 0.15) is 35.3 Å². The second-order valence-electron chi connectivity index (χ2n) is 12.1. The summed E-state index contributed by atoms with van der Waals surface area (Å²) in [5.74, 6) is -1.06. The quantitative estimate of drug-likeness (QED) is 0.194. The second kappa shape index (κ2) is 14.4. The number of anilines is 1. The lowest BCUT2D eigenvalue weighted by Gasteiger charge is -2.38. The van der Waals surface area contributed by atoms with Gasteiger partial charge in [-0.25, -0.2) is 23.4 Å². The fourth-order valence-corrected chi connectivity index (χ4v) is 5.75. The Bertz CT molecular complexity index is 1810. The number of carbonyl (C=O) groups is 1. The van der Waals surface area contributed by atoms with Gasteiger partial charge >= 0.3 is 0 Å². The van der Waals surface area contributed by atoms with Gasteiger partial charge in [0.2, 0.25) is 0 Å². The maximum absolute atomic E-state index is 14.7. The van der Waals surface area contributed by atoms with Crippen LogP contribution in [0.4, 0.5) is 14.6 Å². The molecule has 0 radical (unpaired) electrons. The van der Waals surface area contributed by atoms with Crippen LogP contribution in [-0.4, -0.2) is 67.6 Å². The molecule has 1 unspecified atom stereocenters. The number of halogens is 2. The van der Waals surface area contributed by atoms with Gasteiger partial charge in [0, 0.05) is 47.6 Å². The van der Waals surface area contributed by atoms with Gasteiger partial charge in [0.15, 0.2) is 0 Å². The van der Waals surface area contributed by atoms with Gasteiger partial charge in [-0.2, -0.15) is 5.10 Å². The summed E-state index contributed by atoms with van der Waals surface area (Å²) in [6, 6.07) is 21.9. The minimum Gasteiger partial charge on any atom is -0.490 e. The Labute approximate surface area is 277 Å². The maximum atomic E-state index is 14.7. The predicted octanol–water partition coefficient (Wildman–Crippen LogP) is 5.45. The molecule has 2 aromatic heterocycles. The molecule has 10 nitrogen and oxygen atoms in total. The Balaban J connectivity index is 1.06. The summed E-state index contributed by atoms with van der Waals surface area (Å²) in [6.45, 7) is 6.06. The molecule has 3 heterocycles. The number of aliphatic hydroxyl groups is 1. The van der Waals surface area contributed by atoms with Crippen molar-refractivity contribution in [2.75, 3.05) is 25.1 Å². The van der Waals surface area contributed by atoms with Crippen molar-refractivity contribution >= 4 is 11.7 Å². The van der Waals surface area contributed by atoms with Crippen molar-refractivity contribution in [3.05, 3.63) is 126 Å². The minimum absolute atomic E-state index is 0.126. The highest BCUT2D eigenvalue weighted by molar-refractivity contribution is 6.03. The number of amides is 1. The molecule has 1 aliphatic heterocycles. The van der Waals surface area contributed by atoms with Crippen LogP contribution in [0, 0.1) is 11.6 Å². The van der Waals surface area contributed by atoms with E-state index >= 15 is 0 Å². The molecule has 1 saturated heterocycles. The third-order valence-corrected chi connectivity index (χ3v) is 8.42. The molecule has 1 amide bonds. The topological polar surface area (TPSA) is 115 Å². The largest absolute Gasteiger partial charge is 0.490 e. The number of benzene rings is 3. The van der Waals surface area contributed by atoms with Gasteiger partial charge in [-0.05, 0) is 67.4 Å². The van der Waals surface area contributed by atoms with Crippen LogP contribution in [0.5, 0.6) is 5.75 Å². The summed E-state index contributed by atoms with van der Waals surface area (Å²) in [6.07, 6.45) is 4.34. The fourth-order valence-electron chi connectivity index (χ4n) is 5.75. The highest BCUT2D eigenvalue weighted by Gasteiger charge is 2.35. The summed E-state index contributed by atoms with van der Waals surface area (Å²) in [7, 11) is 0. The van der Waals surface area contributed by atoms with Crippen molar-refractivity contribution in [2.45, 2.75) is 44.6 Å². The Morgan fingerprint density at radius 1 is 1.00 bits per heavy atom. The van der Waals surface area contributed by atoms with Gasteiger partial charge in [-0.3, -0.25) is 9.69 Å². The SMILES string of the molecule is C[C@@H]1COC[C@H](C)N1Cc1ccc(C(=O)Nc2ccc(-c3ccc(OCC(O)(Cn4cncn4)c4ccc(F)cc4F)cc3)cn2)cc1. The van der Waals surface area contributed by atoms with Crippen LogP contribution in [0.15, 0.2) is 97.7 Å². The Morgan fingerprint density at radius 3 is 2.38 bits per heavy atom. The van der Waals surface area contributed by atoms with Crippen molar-refractivity contribution in [3.63, 3.8) is 0 Å². The average molecular weight is 655 g/mol. The molecule has 0 aliphatic carbocycles. The third kappa shape index (κ3) is 7.73. The van der Waals surface area contributed by atoms with E-state index in [4.69, 9.17) is 9.47 Å². The molecule has 3 aromatic carbocycles. The van der Waals surface area contributed by atoms with E-state index in [1.165, 1.54) is 23.4 Å². The average Bonchev–Trinajstić information content (AvgIpc) is 3.59. The van der Waals surface area contributed by atoms with Gasteiger partial charge in [0.25, 0.3) is 5.91 Å². The lowest BCUT2D eigenvalue weighted by molar-refractivity contribution is -0.0409. The van der Waals surface area contributed by atoms with Crippen molar-refractivity contribution in [1.29, 1.82) is 0 Å². The summed E-state index contributed by atoms with van der Waals surface area (Å²) in [5.41, 5.74) is 1.34. The molecule has 0 spiro atoms. The third-order valence-electron chi connectivity index (χ3n) is 8.42. The normalized spacial score (nSPS) is 17.9. The molecule has 48 heavy (non-hydrogen) atoms. The van der Waals surface area contributed by atoms with E-state index in [1.807, 2.05) is 42.5 Å².